The van der Waals surface area contributed by atoms with Crippen molar-refractivity contribution >= 4 is 21.8 Å². The molecule has 0 spiro atoms. The summed E-state index contributed by atoms with van der Waals surface area (Å²) in [7, 11) is 3.58. The van der Waals surface area contributed by atoms with E-state index < -0.39 is 0 Å². The van der Waals surface area contributed by atoms with Gasteiger partial charge >= 0.3 is 0 Å². The Morgan fingerprint density at radius 1 is 1.50 bits per heavy atom. The van der Waals surface area contributed by atoms with Gasteiger partial charge in [0.05, 0.1) is 0 Å². The van der Waals surface area contributed by atoms with Crippen molar-refractivity contribution < 1.29 is 9.18 Å². The Balaban J connectivity index is 1.92. The van der Waals surface area contributed by atoms with Gasteiger partial charge in [-0.1, -0.05) is 0 Å². The lowest BCUT2D eigenvalue weighted by molar-refractivity contribution is -0.134. The number of piperidine rings is 1. The van der Waals surface area contributed by atoms with Crippen molar-refractivity contribution in [3.8, 4) is 0 Å². The first-order valence-electron chi connectivity index (χ1n) is 6.71. The Morgan fingerprint density at radius 2 is 2.15 bits per heavy atom. The molecule has 0 N–H and O–H groups in total. The fourth-order valence-corrected chi connectivity index (χ4v) is 2.89. The van der Waals surface area contributed by atoms with Crippen LogP contribution in [0.5, 0.6) is 0 Å². The van der Waals surface area contributed by atoms with Crippen LogP contribution in [0.1, 0.15) is 18.4 Å². The Morgan fingerprint density at radius 3 is 2.75 bits per heavy atom. The number of rotatable bonds is 3. The maximum absolute atomic E-state index is 13.9. The van der Waals surface area contributed by atoms with Crippen molar-refractivity contribution in [3.63, 3.8) is 0 Å². The van der Waals surface area contributed by atoms with Crippen molar-refractivity contribution in [1.29, 1.82) is 0 Å². The van der Waals surface area contributed by atoms with E-state index in [2.05, 4.69) is 25.8 Å². The van der Waals surface area contributed by atoms with Crippen molar-refractivity contribution in [1.82, 2.24) is 14.8 Å². The Labute approximate surface area is 127 Å². The van der Waals surface area contributed by atoms with Gasteiger partial charge in [0.15, 0.2) is 5.82 Å². The molecule has 0 aromatic carbocycles. The lowest BCUT2D eigenvalue weighted by Gasteiger charge is -2.32. The molecule has 1 aromatic rings. The van der Waals surface area contributed by atoms with Crippen molar-refractivity contribution in [2.24, 2.45) is 5.92 Å². The van der Waals surface area contributed by atoms with E-state index in [0.29, 0.717) is 12.1 Å². The summed E-state index contributed by atoms with van der Waals surface area (Å²) in [5.74, 6) is 0.0109. The van der Waals surface area contributed by atoms with Crippen LogP contribution in [-0.4, -0.2) is 47.9 Å². The van der Waals surface area contributed by atoms with Gasteiger partial charge in [0.2, 0.25) is 5.91 Å². The third-order valence-corrected chi connectivity index (χ3v) is 4.25. The second kappa shape index (κ2) is 6.63. The van der Waals surface area contributed by atoms with Gasteiger partial charge < -0.3 is 4.90 Å². The fraction of sp³-hybridized carbons (Fsp3) is 0.571. The number of hydrogen-bond acceptors (Lipinski definition) is 3. The van der Waals surface area contributed by atoms with E-state index in [1.165, 1.54) is 0 Å². The number of pyridine rings is 1. The lowest BCUT2D eigenvalue weighted by Crippen LogP contribution is -2.39. The fourth-order valence-electron chi connectivity index (χ4n) is 2.52. The standard InChI is InChI=1S/C14H19BrFN3O/c1-18(2)14(20)10-4-7-19(8-5-10)9-11-3-6-17-13(15)12(11)16/h3,6,10H,4-5,7-9H2,1-2H3. The van der Waals surface area contributed by atoms with E-state index in [1.807, 2.05) is 0 Å². The summed E-state index contributed by atoms with van der Waals surface area (Å²) in [5, 5.41) is 0. The molecule has 6 heteroatoms. The molecule has 0 bridgehead atoms. The summed E-state index contributed by atoms with van der Waals surface area (Å²) in [5.41, 5.74) is 0.643. The molecular weight excluding hydrogens is 325 g/mol. The molecule has 1 aliphatic rings. The molecule has 20 heavy (non-hydrogen) atoms. The molecule has 0 radical (unpaired) electrons. The van der Waals surface area contributed by atoms with Crippen LogP contribution in [-0.2, 0) is 11.3 Å². The minimum absolute atomic E-state index is 0.107. The molecule has 0 aliphatic carbocycles. The highest BCUT2D eigenvalue weighted by atomic mass is 79.9. The van der Waals surface area contributed by atoms with Crippen LogP contribution >= 0.6 is 15.9 Å². The zero-order valence-corrected chi connectivity index (χ0v) is 13.4. The van der Waals surface area contributed by atoms with Gasteiger partial charge in [0.1, 0.15) is 4.60 Å². The summed E-state index contributed by atoms with van der Waals surface area (Å²) in [6.07, 6.45) is 3.28. The van der Waals surface area contributed by atoms with E-state index in [1.54, 1.807) is 31.3 Å². The SMILES string of the molecule is CN(C)C(=O)C1CCN(Cc2ccnc(Br)c2F)CC1. The van der Waals surface area contributed by atoms with Gasteiger partial charge in [0, 0.05) is 38.3 Å². The zero-order valence-electron chi connectivity index (χ0n) is 11.8. The molecule has 1 aromatic heterocycles. The third-order valence-electron chi connectivity index (χ3n) is 3.70. The molecule has 1 aliphatic heterocycles. The molecule has 1 fully saturated rings. The Bertz CT molecular complexity index is 487. The lowest BCUT2D eigenvalue weighted by atomic mass is 9.95. The quantitative estimate of drug-likeness (QED) is 0.790. The van der Waals surface area contributed by atoms with E-state index in [-0.39, 0.29) is 22.2 Å². The Hall–Kier alpha value is -1.01. The van der Waals surface area contributed by atoms with Crippen LogP contribution in [0.25, 0.3) is 0 Å². The molecule has 2 heterocycles. The topological polar surface area (TPSA) is 36.4 Å². The van der Waals surface area contributed by atoms with E-state index in [9.17, 15) is 9.18 Å². The predicted molar refractivity (Wildman–Crippen MR) is 78.6 cm³/mol. The second-order valence-electron chi connectivity index (χ2n) is 5.36. The Kier molecular flexibility index (Phi) is 5.10. The van der Waals surface area contributed by atoms with Crippen LogP contribution < -0.4 is 0 Å². The maximum atomic E-state index is 13.9. The summed E-state index contributed by atoms with van der Waals surface area (Å²) in [6, 6.07) is 1.71. The van der Waals surface area contributed by atoms with Gasteiger partial charge in [-0.2, -0.15) is 0 Å². The summed E-state index contributed by atoms with van der Waals surface area (Å²) >= 11 is 3.10. The summed E-state index contributed by atoms with van der Waals surface area (Å²) in [6.45, 7) is 2.21. The first-order valence-corrected chi connectivity index (χ1v) is 7.50. The van der Waals surface area contributed by atoms with Crippen LogP contribution in [0.15, 0.2) is 16.9 Å². The summed E-state index contributed by atoms with van der Waals surface area (Å²) < 4.78 is 14.1. The van der Waals surface area contributed by atoms with Crippen molar-refractivity contribution in [2.45, 2.75) is 19.4 Å². The molecule has 110 valence electrons. The first-order chi connectivity index (χ1) is 9.49. The maximum Gasteiger partial charge on any atom is 0.225 e. The number of carbonyl (C=O) groups is 1. The number of amides is 1. The first kappa shape index (κ1) is 15.4. The molecule has 2 rings (SSSR count). The zero-order chi connectivity index (χ0) is 14.7. The minimum atomic E-state index is -0.293. The number of halogens is 2. The number of aromatic nitrogens is 1. The van der Waals surface area contributed by atoms with E-state index in [0.717, 1.165) is 25.9 Å². The van der Waals surface area contributed by atoms with Crippen LogP contribution in [0.2, 0.25) is 0 Å². The van der Waals surface area contributed by atoms with Crippen LogP contribution in [0.4, 0.5) is 4.39 Å². The number of carbonyl (C=O) groups excluding carboxylic acids is 1. The van der Waals surface area contributed by atoms with Crippen molar-refractivity contribution in [3.05, 3.63) is 28.2 Å². The number of hydrogen-bond donors (Lipinski definition) is 0. The third kappa shape index (κ3) is 3.55. The van der Waals surface area contributed by atoms with E-state index >= 15 is 0 Å². The summed E-state index contributed by atoms with van der Waals surface area (Å²) in [4.78, 5) is 19.6. The molecule has 0 unspecified atom stereocenters. The monoisotopic (exact) mass is 343 g/mol. The van der Waals surface area contributed by atoms with Gasteiger partial charge in [0.25, 0.3) is 0 Å². The molecule has 0 atom stereocenters. The largest absolute Gasteiger partial charge is 0.349 e. The van der Waals surface area contributed by atoms with Gasteiger partial charge in [-0.25, -0.2) is 9.37 Å². The highest BCUT2D eigenvalue weighted by Gasteiger charge is 2.26. The highest BCUT2D eigenvalue weighted by Crippen LogP contribution is 2.22. The van der Waals surface area contributed by atoms with Crippen LogP contribution in [0, 0.1) is 11.7 Å². The molecule has 4 nitrogen and oxygen atoms in total. The van der Waals surface area contributed by atoms with Crippen molar-refractivity contribution in [2.75, 3.05) is 27.2 Å². The van der Waals surface area contributed by atoms with Gasteiger partial charge in [-0.05, 0) is 47.9 Å². The molecule has 0 saturated carbocycles. The smallest absolute Gasteiger partial charge is 0.225 e. The minimum Gasteiger partial charge on any atom is -0.349 e. The average molecular weight is 344 g/mol. The predicted octanol–water partition coefficient (Wildman–Crippen LogP) is 2.28. The van der Waals surface area contributed by atoms with E-state index in [4.69, 9.17) is 0 Å². The number of nitrogens with zero attached hydrogens (tertiary/aromatic N) is 3. The number of likely N-dealkylation sites (tertiary alicyclic amines) is 1. The average Bonchev–Trinajstić information content (AvgIpc) is 2.44. The normalized spacial score (nSPS) is 17.2. The second-order valence-corrected chi connectivity index (χ2v) is 6.11. The molecule has 1 amide bonds. The molecule has 1 saturated heterocycles. The van der Waals surface area contributed by atoms with Crippen LogP contribution in [0.3, 0.4) is 0 Å². The van der Waals surface area contributed by atoms with Gasteiger partial charge in [-0.3, -0.25) is 9.69 Å². The highest BCUT2D eigenvalue weighted by molar-refractivity contribution is 9.10. The molecular formula is C14H19BrFN3O. The van der Waals surface area contributed by atoms with Gasteiger partial charge in [-0.15, -0.1) is 0 Å².